The summed E-state index contributed by atoms with van der Waals surface area (Å²) in [7, 11) is 0. The lowest BCUT2D eigenvalue weighted by atomic mass is 10.1. The highest BCUT2D eigenvalue weighted by molar-refractivity contribution is 5.88. The molecule has 0 atom stereocenters. The molecular weight excluding hydrogens is 264 g/mol. The second kappa shape index (κ2) is 4.59. The van der Waals surface area contributed by atoms with Crippen molar-refractivity contribution in [3.8, 4) is 0 Å². The van der Waals surface area contributed by atoms with Crippen LogP contribution in [0.25, 0.3) is 0 Å². The summed E-state index contributed by atoms with van der Waals surface area (Å²) < 4.78 is 27.0. The molecule has 102 valence electrons. The lowest BCUT2D eigenvalue weighted by Crippen LogP contribution is -2.14. The molecule has 20 heavy (non-hydrogen) atoms. The van der Waals surface area contributed by atoms with Crippen molar-refractivity contribution in [3.05, 3.63) is 59.2 Å². The van der Waals surface area contributed by atoms with Gasteiger partial charge < -0.3 is 10.0 Å². The SMILES string of the molecule is O=C(O)c1ccc(N2CCc3ccc(F)cc32)cc1F. The predicted molar refractivity (Wildman–Crippen MR) is 70.5 cm³/mol. The molecule has 0 unspecified atom stereocenters. The number of nitrogens with zero attached hydrogens (tertiary/aromatic N) is 1. The number of carbonyl (C=O) groups is 1. The van der Waals surface area contributed by atoms with Gasteiger partial charge in [-0.3, -0.25) is 0 Å². The molecule has 1 N–H and O–H groups in total. The Labute approximate surface area is 114 Å². The van der Waals surface area contributed by atoms with Gasteiger partial charge in [-0.25, -0.2) is 13.6 Å². The first-order valence-electron chi connectivity index (χ1n) is 6.15. The topological polar surface area (TPSA) is 40.5 Å². The summed E-state index contributed by atoms with van der Waals surface area (Å²) in [5, 5.41) is 8.81. The highest BCUT2D eigenvalue weighted by atomic mass is 19.1. The Balaban J connectivity index is 2.02. The van der Waals surface area contributed by atoms with Crippen molar-refractivity contribution < 1.29 is 18.7 Å². The molecule has 2 aromatic carbocycles. The molecule has 2 aromatic rings. The Morgan fingerprint density at radius 1 is 1.15 bits per heavy atom. The van der Waals surface area contributed by atoms with Crippen LogP contribution in [0.15, 0.2) is 36.4 Å². The summed E-state index contributed by atoms with van der Waals surface area (Å²) >= 11 is 0. The standard InChI is InChI=1S/C15H11F2NO2/c16-10-2-1-9-5-6-18(14(9)7-10)11-3-4-12(15(19)20)13(17)8-11/h1-4,7-8H,5-6H2,(H,19,20). The average molecular weight is 275 g/mol. The van der Waals surface area contributed by atoms with Gasteiger partial charge in [-0.05, 0) is 42.3 Å². The Morgan fingerprint density at radius 3 is 2.65 bits per heavy atom. The van der Waals surface area contributed by atoms with Crippen LogP contribution in [-0.4, -0.2) is 17.6 Å². The molecule has 0 fully saturated rings. The molecule has 5 heteroatoms. The van der Waals surface area contributed by atoms with Crippen molar-refractivity contribution >= 4 is 17.3 Å². The van der Waals surface area contributed by atoms with Gasteiger partial charge in [0, 0.05) is 17.9 Å². The van der Waals surface area contributed by atoms with Crippen LogP contribution in [0.4, 0.5) is 20.2 Å². The largest absolute Gasteiger partial charge is 0.478 e. The maximum Gasteiger partial charge on any atom is 0.338 e. The molecule has 0 bridgehead atoms. The van der Waals surface area contributed by atoms with Crippen molar-refractivity contribution in [1.82, 2.24) is 0 Å². The normalized spacial score (nSPS) is 13.4. The Kier molecular flexibility index (Phi) is 2.89. The second-order valence-electron chi connectivity index (χ2n) is 4.64. The van der Waals surface area contributed by atoms with E-state index in [1.54, 1.807) is 11.0 Å². The molecule has 0 spiro atoms. The summed E-state index contributed by atoms with van der Waals surface area (Å²) in [6.07, 6.45) is 0.748. The number of benzene rings is 2. The Morgan fingerprint density at radius 2 is 1.95 bits per heavy atom. The van der Waals surface area contributed by atoms with Crippen LogP contribution < -0.4 is 4.90 Å². The molecular formula is C15H11F2NO2. The third-order valence-electron chi connectivity index (χ3n) is 3.44. The Bertz CT molecular complexity index is 700. The number of hydrogen-bond acceptors (Lipinski definition) is 2. The number of fused-ring (bicyclic) bond motifs is 1. The molecule has 0 saturated carbocycles. The minimum Gasteiger partial charge on any atom is -0.478 e. The molecule has 0 aliphatic carbocycles. The molecule has 1 aliphatic heterocycles. The van der Waals surface area contributed by atoms with Gasteiger partial charge in [-0.1, -0.05) is 6.07 Å². The van der Waals surface area contributed by atoms with E-state index < -0.39 is 11.8 Å². The number of anilines is 2. The molecule has 3 nitrogen and oxygen atoms in total. The monoisotopic (exact) mass is 275 g/mol. The van der Waals surface area contributed by atoms with Gasteiger partial charge in [-0.2, -0.15) is 0 Å². The molecule has 0 saturated heterocycles. The van der Waals surface area contributed by atoms with Gasteiger partial charge >= 0.3 is 5.97 Å². The number of halogens is 2. The van der Waals surface area contributed by atoms with E-state index in [1.165, 1.54) is 30.3 Å². The van der Waals surface area contributed by atoms with Crippen LogP contribution in [0.3, 0.4) is 0 Å². The van der Waals surface area contributed by atoms with Crippen LogP contribution in [0.5, 0.6) is 0 Å². The lowest BCUT2D eigenvalue weighted by molar-refractivity contribution is 0.0692. The maximum atomic E-state index is 13.7. The molecule has 3 rings (SSSR count). The van der Waals surface area contributed by atoms with Gasteiger partial charge in [0.15, 0.2) is 0 Å². The van der Waals surface area contributed by atoms with E-state index in [0.717, 1.165) is 12.0 Å². The van der Waals surface area contributed by atoms with Crippen LogP contribution in [0.1, 0.15) is 15.9 Å². The van der Waals surface area contributed by atoms with Gasteiger partial charge in [0.05, 0.1) is 5.56 Å². The molecule has 0 aromatic heterocycles. The third kappa shape index (κ3) is 2.01. The molecule has 0 amide bonds. The number of carboxylic acid groups (broad SMARTS) is 1. The summed E-state index contributed by atoms with van der Waals surface area (Å²) in [5.41, 5.74) is 1.85. The third-order valence-corrected chi connectivity index (χ3v) is 3.44. The number of hydrogen-bond donors (Lipinski definition) is 1. The molecule has 1 heterocycles. The van der Waals surface area contributed by atoms with Gasteiger partial charge in [-0.15, -0.1) is 0 Å². The fourth-order valence-corrected chi connectivity index (χ4v) is 2.47. The summed E-state index contributed by atoms with van der Waals surface area (Å²) in [4.78, 5) is 12.6. The average Bonchev–Trinajstić information content (AvgIpc) is 2.81. The fraction of sp³-hybridized carbons (Fsp3) is 0.133. The van der Waals surface area contributed by atoms with Crippen molar-refractivity contribution in [3.63, 3.8) is 0 Å². The van der Waals surface area contributed by atoms with Gasteiger partial charge in [0.1, 0.15) is 11.6 Å². The van der Waals surface area contributed by atoms with E-state index in [1.807, 2.05) is 0 Å². The smallest absolute Gasteiger partial charge is 0.338 e. The second-order valence-corrected chi connectivity index (χ2v) is 4.64. The van der Waals surface area contributed by atoms with E-state index in [2.05, 4.69) is 0 Å². The van der Waals surface area contributed by atoms with Crippen LogP contribution in [-0.2, 0) is 6.42 Å². The summed E-state index contributed by atoms with van der Waals surface area (Å²) in [5.74, 6) is -2.44. The zero-order valence-electron chi connectivity index (χ0n) is 10.4. The maximum absolute atomic E-state index is 13.7. The minimum absolute atomic E-state index is 0.349. The van der Waals surface area contributed by atoms with E-state index >= 15 is 0 Å². The van der Waals surface area contributed by atoms with Gasteiger partial charge in [0.2, 0.25) is 0 Å². The predicted octanol–water partition coefficient (Wildman–Crippen LogP) is 3.36. The zero-order chi connectivity index (χ0) is 14.3. The number of aromatic carboxylic acids is 1. The van der Waals surface area contributed by atoms with E-state index in [4.69, 9.17) is 5.11 Å². The molecule has 0 radical (unpaired) electrons. The summed E-state index contributed by atoms with van der Waals surface area (Å²) in [6, 6.07) is 8.45. The van der Waals surface area contributed by atoms with E-state index in [0.29, 0.717) is 17.9 Å². The summed E-state index contributed by atoms with van der Waals surface area (Å²) in [6.45, 7) is 0.616. The first kappa shape index (κ1) is 12.6. The first-order chi connectivity index (χ1) is 9.56. The van der Waals surface area contributed by atoms with Crippen molar-refractivity contribution in [2.45, 2.75) is 6.42 Å². The van der Waals surface area contributed by atoms with Gasteiger partial charge in [0.25, 0.3) is 0 Å². The van der Waals surface area contributed by atoms with Crippen molar-refractivity contribution in [2.24, 2.45) is 0 Å². The zero-order valence-corrected chi connectivity index (χ0v) is 10.4. The van der Waals surface area contributed by atoms with Crippen molar-refractivity contribution in [1.29, 1.82) is 0 Å². The first-order valence-corrected chi connectivity index (χ1v) is 6.15. The highest BCUT2D eigenvalue weighted by Crippen LogP contribution is 2.35. The van der Waals surface area contributed by atoms with E-state index in [-0.39, 0.29) is 11.4 Å². The fourth-order valence-electron chi connectivity index (χ4n) is 2.47. The minimum atomic E-state index is -1.30. The Hall–Kier alpha value is -2.43. The van der Waals surface area contributed by atoms with Crippen LogP contribution in [0.2, 0.25) is 0 Å². The number of carboxylic acids is 1. The highest BCUT2D eigenvalue weighted by Gasteiger charge is 2.22. The lowest BCUT2D eigenvalue weighted by Gasteiger charge is -2.20. The van der Waals surface area contributed by atoms with Crippen molar-refractivity contribution in [2.75, 3.05) is 11.4 Å². The quantitative estimate of drug-likeness (QED) is 0.913. The van der Waals surface area contributed by atoms with E-state index in [9.17, 15) is 13.6 Å². The number of rotatable bonds is 2. The van der Waals surface area contributed by atoms with Crippen LogP contribution in [0, 0.1) is 11.6 Å². The molecule has 1 aliphatic rings. The van der Waals surface area contributed by atoms with Crippen LogP contribution >= 0.6 is 0 Å².